The molecule has 0 bridgehead atoms. The molecule has 1 aromatic carbocycles. The Labute approximate surface area is 115 Å². The van der Waals surface area contributed by atoms with Gasteiger partial charge in [-0.2, -0.15) is 8.78 Å². The summed E-state index contributed by atoms with van der Waals surface area (Å²) < 4.78 is 29.2. The molecule has 0 saturated carbocycles. The number of halogens is 3. The van der Waals surface area contributed by atoms with E-state index < -0.39 is 12.5 Å². The van der Waals surface area contributed by atoms with Gasteiger partial charge in [0.05, 0.1) is 11.6 Å². The fourth-order valence-corrected chi connectivity index (χ4v) is 1.82. The lowest BCUT2D eigenvalue weighted by Gasteiger charge is -2.16. The van der Waals surface area contributed by atoms with Crippen LogP contribution in [-0.4, -0.2) is 15.0 Å². The number of hydrogen-bond acceptors (Lipinski definition) is 2. The molecule has 6 heteroatoms. The molecule has 1 aromatic heterocycles. The Kier molecular flexibility index (Phi) is 4.14. The van der Waals surface area contributed by atoms with Crippen molar-refractivity contribution < 1.29 is 8.78 Å². The predicted molar refractivity (Wildman–Crippen MR) is 69.2 cm³/mol. The van der Waals surface area contributed by atoms with E-state index in [2.05, 4.69) is 10.3 Å². The van der Waals surface area contributed by atoms with Crippen LogP contribution in [0.15, 0.2) is 36.5 Å². The van der Waals surface area contributed by atoms with E-state index in [0.29, 0.717) is 12.1 Å². The molecule has 19 heavy (non-hydrogen) atoms. The van der Waals surface area contributed by atoms with Gasteiger partial charge in [-0.15, -0.1) is 16.7 Å². The van der Waals surface area contributed by atoms with Crippen molar-refractivity contribution in [2.24, 2.45) is 0 Å². The second-order valence-electron chi connectivity index (χ2n) is 4.29. The van der Waals surface area contributed by atoms with Gasteiger partial charge in [-0.3, -0.25) is 0 Å². The summed E-state index contributed by atoms with van der Waals surface area (Å²) in [6.07, 6.45) is 2.15. The maximum absolute atomic E-state index is 14.0. The molecule has 0 aliphatic heterocycles. The first-order valence-electron chi connectivity index (χ1n) is 6.00. The van der Waals surface area contributed by atoms with Crippen LogP contribution in [0, 0.1) is 0 Å². The summed E-state index contributed by atoms with van der Waals surface area (Å²) in [5, 5.41) is 7.22. The van der Waals surface area contributed by atoms with E-state index in [9.17, 15) is 8.78 Å². The third-order valence-electron chi connectivity index (χ3n) is 2.79. The largest absolute Gasteiger partial charge is 0.292 e. The highest BCUT2D eigenvalue weighted by Crippen LogP contribution is 2.30. The molecule has 0 amide bonds. The third-order valence-corrected chi connectivity index (χ3v) is 3.32. The molecule has 2 aromatic rings. The van der Waals surface area contributed by atoms with Gasteiger partial charge in [-0.25, -0.2) is 4.68 Å². The summed E-state index contributed by atoms with van der Waals surface area (Å²) in [5.74, 6) is -2.99. The van der Waals surface area contributed by atoms with Crippen molar-refractivity contribution in [1.82, 2.24) is 15.0 Å². The van der Waals surface area contributed by atoms with Crippen molar-refractivity contribution in [3.63, 3.8) is 0 Å². The van der Waals surface area contributed by atoms with Crippen molar-refractivity contribution in [1.29, 1.82) is 0 Å². The fraction of sp³-hybridized carbons (Fsp3) is 0.385. The van der Waals surface area contributed by atoms with Crippen LogP contribution in [0.25, 0.3) is 0 Å². The van der Waals surface area contributed by atoms with Gasteiger partial charge in [0.1, 0.15) is 12.2 Å². The van der Waals surface area contributed by atoms with Crippen molar-refractivity contribution >= 4 is 11.6 Å². The van der Waals surface area contributed by atoms with Crippen LogP contribution < -0.4 is 0 Å². The van der Waals surface area contributed by atoms with E-state index in [1.165, 1.54) is 18.3 Å². The van der Waals surface area contributed by atoms with E-state index in [4.69, 9.17) is 11.6 Å². The Bertz CT molecular complexity index is 528. The summed E-state index contributed by atoms with van der Waals surface area (Å²) >= 11 is 5.99. The average molecular weight is 286 g/mol. The van der Waals surface area contributed by atoms with E-state index in [1.807, 2.05) is 6.92 Å². The first-order chi connectivity index (χ1) is 9.03. The highest BCUT2D eigenvalue weighted by atomic mass is 35.5. The minimum atomic E-state index is -2.99. The van der Waals surface area contributed by atoms with E-state index in [0.717, 1.165) is 4.68 Å². The van der Waals surface area contributed by atoms with Gasteiger partial charge in [0.2, 0.25) is 0 Å². The van der Waals surface area contributed by atoms with Gasteiger partial charge in [0.25, 0.3) is 5.92 Å². The molecule has 1 atom stereocenters. The second-order valence-corrected chi connectivity index (χ2v) is 4.81. The smallest absolute Gasteiger partial charge is 0.246 e. The lowest BCUT2D eigenvalue weighted by Crippen LogP contribution is -2.21. The van der Waals surface area contributed by atoms with Crippen LogP contribution in [-0.2, 0) is 12.5 Å². The number of nitrogens with zero attached hydrogens (tertiary/aromatic N) is 3. The van der Waals surface area contributed by atoms with Crippen molar-refractivity contribution in [3.05, 3.63) is 47.8 Å². The van der Waals surface area contributed by atoms with Gasteiger partial charge in [-0.1, -0.05) is 42.5 Å². The highest BCUT2D eigenvalue weighted by Gasteiger charge is 2.32. The molecule has 3 nitrogen and oxygen atoms in total. The number of rotatable bonds is 5. The van der Waals surface area contributed by atoms with Crippen LogP contribution in [0.4, 0.5) is 8.78 Å². The summed E-state index contributed by atoms with van der Waals surface area (Å²) in [6.45, 7) is 1.35. The molecule has 0 radical (unpaired) electrons. The molecule has 0 N–H and O–H groups in total. The van der Waals surface area contributed by atoms with E-state index in [1.54, 1.807) is 18.2 Å². The predicted octanol–water partition coefficient (Wildman–Crippen LogP) is 3.76. The van der Waals surface area contributed by atoms with Gasteiger partial charge < -0.3 is 0 Å². The first kappa shape index (κ1) is 13.9. The minimum absolute atomic E-state index is 0.0371. The zero-order valence-corrected chi connectivity index (χ0v) is 11.2. The normalized spacial score (nSPS) is 13.5. The Morgan fingerprint density at radius 1 is 1.32 bits per heavy atom. The topological polar surface area (TPSA) is 30.7 Å². The monoisotopic (exact) mass is 285 g/mol. The fourth-order valence-electron chi connectivity index (χ4n) is 1.72. The van der Waals surface area contributed by atoms with Crippen molar-refractivity contribution in [3.8, 4) is 0 Å². The summed E-state index contributed by atoms with van der Waals surface area (Å²) in [6, 6.07) is 7.67. The van der Waals surface area contributed by atoms with Crippen LogP contribution >= 0.6 is 11.6 Å². The van der Waals surface area contributed by atoms with Gasteiger partial charge in [0.15, 0.2) is 0 Å². The lowest BCUT2D eigenvalue weighted by molar-refractivity contribution is -0.0258. The highest BCUT2D eigenvalue weighted by molar-refractivity contribution is 6.20. The molecular weight excluding hydrogens is 272 g/mol. The van der Waals surface area contributed by atoms with Crippen molar-refractivity contribution in [2.45, 2.75) is 31.2 Å². The van der Waals surface area contributed by atoms with E-state index >= 15 is 0 Å². The Morgan fingerprint density at radius 2 is 2.00 bits per heavy atom. The van der Waals surface area contributed by atoms with Gasteiger partial charge in [0, 0.05) is 5.56 Å². The van der Waals surface area contributed by atoms with Crippen LogP contribution in [0.2, 0.25) is 0 Å². The Balaban J connectivity index is 2.14. The molecule has 0 fully saturated rings. The maximum Gasteiger partial charge on any atom is 0.292 e. The van der Waals surface area contributed by atoms with E-state index in [-0.39, 0.29) is 10.9 Å². The standard InChI is InChI=1S/C13H14ClF2N3/c1-2-11(14)12-8-19(18-17-12)9-13(15,16)10-6-4-3-5-7-10/h3-8,11H,2,9H2,1H3. The Morgan fingerprint density at radius 3 is 2.63 bits per heavy atom. The molecule has 0 spiro atoms. The third kappa shape index (κ3) is 3.29. The number of hydrogen-bond donors (Lipinski definition) is 0. The van der Waals surface area contributed by atoms with Gasteiger partial charge in [-0.05, 0) is 6.42 Å². The molecule has 0 saturated heterocycles. The van der Waals surface area contributed by atoms with Crippen molar-refractivity contribution in [2.75, 3.05) is 0 Å². The summed E-state index contributed by atoms with van der Waals surface area (Å²) in [7, 11) is 0. The molecule has 0 aliphatic carbocycles. The average Bonchev–Trinajstić information content (AvgIpc) is 2.86. The second kappa shape index (κ2) is 5.65. The van der Waals surface area contributed by atoms with Crippen LogP contribution in [0.3, 0.4) is 0 Å². The minimum Gasteiger partial charge on any atom is -0.246 e. The zero-order chi connectivity index (χ0) is 13.9. The lowest BCUT2D eigenvalue weighted by atomic mass is 10.1. The molecule has 0 aliphatic rings. The van der Waals surface area contributed by atoms with Gasteiger partial charge >= 0.3 is 0 Å². The van der Waals surface area contributed by atoms with Crippen LogP contribution in [0.5, 0.6) is 0 Å². The molecule has 102 valence electrons. The summed E-state index contributed by atoms with van der Waals surface area (Å²) in [4.78, 5) is 0. The van der Waals surface area contributed by atoms with Crippen LogP contribution in [0.1, 0.15) is 30.0 Å². The number of benzene rings is 1. The molecule has 1 unspecified atom stereocenters. The first-order valence-corrected chi connectivity index (χ1v) is 6.44. The Hall–Kier alpha value is -1.49. The number of aromatic nitrogens is 3. The maximum atomic E-state index is 14.0. The summed E-state index contributed by atoms with van der Waals surface area (Å²) in [5.41, 5.74) is 0.484. The molecular formula is C13H14ClF2N3. The quantitative estimate of drug-likeness (QED) is 0.783. The molecule has 1 heterocycles. The zero-order valence-electron chi connectivity index (χ0n) is 10.4. The SMILES string of the molecule is CCC(Cl)c1cn(CC(F)(F)c2ccccc2)nn1. The number of alkyl halides is 3. The molecule has 2 rings (SSSR count).